The highest BCUT2D eigenvalue weighted by Crippen LogP contribution is 2.13. The molecule has 3 rings (SSSR count). The van der Waals surface area contributed by atoms with Crippen molar-refractivity contribution in [3.63, 3.8) is 0 Å². The normalized spacial score (nSPS) is 10.5. The van der Waals surface area contributed by atoms with Crippen LogP contribution in [0.5, 0.6) is 0 Å². The molecule has 0 atom stereocenters. The van der Waals surface area contributed by atoms with Gasteiger partial charge >= 0.3 is 0 Å². The molecule has 0 aliphatic heterocycles. The third kappa shape index (κ3) is 2.80. The van der Waals surface area contributed by atoms with Gasteiger partial charge in [0.1, 0.15) is 23.8 Å². The average molecular weight is 301 g/mol. The predicted octanol–water partition coefficient (Wildman–Crippen LogP) is 2.19. The number of hydrogen-bond donors (Lipinski definition) is 1. The Morgan fingerprint density at radius 3 is 2.77 bits per heavy atom. The monoisotopic (exact) mass is 301 g/mol. The highest BCUT2D eigenvalue weighted by atomic mass is 19.1. The molecule has 3 aromatic rings. The van der Waals surface area contributed by atoms with Gasteiger partial charge in [-0.3, -0.25) is 4.79 Å². The van der Waals surface area contributed by atoms with Crippen LogP contribution in [0.25, 0.3) is 5.82 Å². The first-order valence-electron chi connectivity index (χ1n) is 6.22. The number of hydrogen-bond acceptors (Lipinski definition) is 4. The van der Waals surface area contributed by atoms with Crippen LogP contribution in [0.2, 0.25) is 0 Å². The molecule has 1 N–H and O–H groups in total. The Bertz CT molecular complexity index is 820. The summed E-state index contributed by atoms with van der Waals surface area (Å²) in [7, 11) is 0. The van der Waals surface area contributed by atoms with Gasteiger partial charge in [0.15, 0.2) is 5.82 Å². The van der Waals surface area contributed by atoms with Crippen molar-refractivity contribution in [3.8, 4) is 5.82 Å². The number of nitrogens with one attached hydrogen (secondary N) is 1. The van der Waals surface area contributed by atoms with Gasteiger partial charge in [0.05, 0.1) is 5.56 Å². The second-order valence-electron chi connectivity index (χ2n) is 4.29. The molecular weight excluding hydrogens is 292 g/mol. The molecule has 0 aliphatic carbocycles. The smallest absolute Gasteiger partial charge is 0.259 e. The number of halogens is 2. The van der Waals surface area contributed by atoms with Crippen molar-refractivity contribution in [2.75, 3.05) is 5.32 Å². The molecule has 0 fully saturated rings. The van der Waals surface area contributed by atoms with Crippen LogP contribution in [-0.4, -0.2) is 25.7 Å². The Balaban J connectivity index is 1.84. The lowest BCUT2D eigenvalue weighted by molar-refractivity contribution is 0.102. The third-order valence-corrected chi connectivity index (χ3v) is 2.81. The van der Waals surface area contributed by atoms with E-state index in [0.717, 1.165) is 12.1 Å². The molecule has 6 nitrogen and oxygen atoms in total. The Kier molecular flexibility index (Phi) is 3.57. The Morgan fingerprint density at radius 1 is 1.18 bits per heavy atom. The van der Waals surface area contributed by atoms with E-state index in [9.17, 15) is 13.6 Å². The minimum absolute atomic E-state index is 0.175. The lowest BCUT2D eigenvalue weighted by Gasteiger charge is -2.06. The second kappa shape index (κ2) is 5.68. The minimum atomic E-state index is -0.946. The van der Waals surface area contributed by atoms with Crippen molar-refractivity contribution in [2.24, 2.45) is 0 Å². The van der Waals surface area contributed by atoms with Crippen LogP contribution in [-0.2, 0) is 0 Å². The number of amides is 1. The molecule has 0 spiro atoms. The van der Waals surface area contributed by atoms with Crippen molar-refractivity contribution >= 4 is 11.7 Å². The quantitative estimate of drug-likeness (QED) is 0.805. The number of rotatable bonds is 3. The summed E-state index contributed by atoms with van der Waals surface area (Å²) in [5.41, 5.74) is -0.277. The summed E-state index contributed by atoms with van der Waals surface area (Å²) in [6, 6.07) is 5.91. The number of anilines is 1. The van der Waals surface area contributed by atoms with Crippen molar-refractivity contribution in [3.05, 3.63) is 66.3 Å². The van der Waals surface area contributed by atoms with Gasteiger partial charge in [0.2, 0.25) is 0 Å². The molecule has 1 aromatic carbocycles. The molecule has 0 aliphatic rings. The van der Waals surface area contributed by atoms with Crippen LogP contribution in [0.15, 0.2) is 49.1 Å². The van der Waals surface area contributed by atoms with Gasteiger partial charge in [-0.25, -0.2) is 23.4 Å². The molecule has 22 heavy (non-hydrogen) atoms. The Morgan fingerprint density at radius 2 is 2.05 bits per heavy atom. The zero-order chi connectivity index (χ0) is 15.5. The molecule has 8 heteroatoms. The number of carbonyl (C=O) groups excluding carboxylic acids is 1. The fourth-order valence-corrected chi connectivity index (χ4v) is 1.80. The average Bonchev–Trinajstić information content (AvgIpc) is 3.01. The maximum absolute atomic E-state index is 13.6. The highest BCUT2D eigenvalue weighted by Gasteiger charge is 2.13. The van der Waals surface area contributed by atoms with E-state index in [1.807, 2.05) is 0 Å². The highest BCUT2D eigenvalue weighted by molar-refractivity contribution is 6.03. The van der Waals surface area contributed by atoms with E-state index in [4.69, 9.17) is 0 Å². The summed E-state index contributed by atoms with van der Waals surface area (Å²) in [6.45, 7) is 0. The molecule has 0 saturated heterocycles. The van der Waals surface area contributed by atoms with Crippen LogP contribution in [0.1, 0.15) is 10.4 Å². The zero-order valence-electron chi connectivity index (χ0n) is 11.1. The van der Waals surface area contributed by atoms with E-state index >= 15 is 0 Å². The summed E-state index contributed by atoms with van der Waals surface area (Å²) >= 11 is 0. The van der Waals surface area contributed by atoms with Crippen molar-refractivity contribution in [1.82, 2.24) is 19.7 Å². The van der Waals surface area contributed by atoms with Crippen LogP contribution in [0, 0.1) is 11.6 Å². The van der Waals surface area contributed by atoms with Gasteiger partial charge in [0, 0.05) is 24.5 Å². The minimum Gasteiger partial charge on any atom is -0.306 e. The van der Waals surface area contributed by atoms with Gasteiger partial charge in [-0.05, 0) is 18.2 Å². The molecule has 2 aromatic heterocycles. The standard InChI is InChI=1S/C14H9F2N5O/c15-9-2-3-10(11(16)6-9)14(22)20-12-7-13(18-8-17-12)21-5-1-4-19-21/h1-8H,(H,17,18,20,22). The van der Waals surface area contributed by atoms with Gasteiger partial charge in [-0.1, -0.05) is 0 Å². The van der Waals surface area contributed by atoms with Crippen LogP contribution in [0.3, 0.4) is 0 Å². The Labute approximate surface area is 123 Å². The lowest BCUT2D eigenvalue weighted by Crippen LogP contribution is -2.15. The summed E-state index contributed by atoms with van der Waals surface area (Å²) in [6.07, 6.45) is 4.50. The molecule has 0 bridgehead atoms. The van der Waals surface area contributed by atoms with E-state index in [1.165, 1.54) is 17.1 Å². The molecule has 0 saturated carbocycles. The largest absolute Gasteiger partial charge is 0.306 e. The van der Waals surface area contributed by atoms with Gasteiger partial charge in [-0.15, -0.1) is 0 Å². The lowest BCUT2D eigenvalue weighted by atomic mass is 10.2. The molecule has 0 unspecified atom stereocenters. The molecule has 0 radical (unpaired) electrons. The maximum Gasteiger partial charge on any atom is 0.259 e. The number of benzene rings is 1. The van der Waals surface area contributed by atoms with Gasteiger partial charge < -0.3 is 5.32 Å². The van der Waals surface area contributed by atoms with Gasteiger partial charge in [0.25, 0.3) is 5.91 Å². The predicted molar refractivity (Wildman–Crippen MR) is 73.5 cm³/mol. The van der Waals surface area contributed by atoms with E-state index in [0.29, 0.717) is 11.9 Å². The number of aromatic nitrogens is 4. The number of nitrogens with zero attached hydrogens (tertiary/aromatic N) is 4. The number of carbonyl (C=O) groups is 1. The second-order valence-corrected chi connectivity index (χ2v) is 4.29. The van der Waals surface area contributed by atoms with Gasteiger partial charge in [-0.2, -0.15) is 5.10 Å². The van der Waals surface area contributed by atoms with E-state index in [1.54, 1.807) is 18.5 Å². The molecule has 2 heterocycles. The van der Waals surface area contributed by atoms with Crippen LogP contribution in [0.4, 0.5) is 14.6 Å². The first kappa shape index (κ1) is 13.8. The van der Waals surface area contributed by atoms with Crippen molar-refractivity contribution in [1.29, 1.82) is 0 Å². The summed E-state index contributed by atoms with van der Waals surface area (Å²) in [5.74, 6) is -1.82. The van der Waals surface area contributed by atoms with Crippen molar-refractivity contribution in [2.45, 2.75) is 0 Å². The SMILES string of the molecule is O=C(Nc1cc(-n2cccn2)ncn1)c1ccc(F)cc1F. The summed E-state index contributed by atoms with van der Waals surface area (Å²) in [4.78, 5) is 19.9. The van der Waals surface area contributed by atoms with E-state index in [-0.39, 0.29) is 11.4 Å². The molecule has 1 amide bonds. The molecule has 110 valence electrons. The third-order valence-electron chi connectivity index (χ3n) is 2.81. The first-order valence-corrected chi connectivity index (χ1v) is 6.22. The van der Waals surface area contributed by atoms with E-state index in [2.05, 4.69) is 20.4 Å². The van der Waals surface area contributed by atoms with E-state index < -0.39 is 17.5 Å². The fraction of sp³-hybridized carbons (Fsp3) is 0. The maximum atomic E-state index is 13.6. The van der Waals surface area contributed by atoms with Crippen molar-refractivity contribution < 1.29 is 13.6 Å². The zero-order valence-corrected chi connectivity index (χ0v) is 11.1. The topological polar surface area (TPSA) is 72.7 Å². The Hall–Kier alpha value is -3.16. The molecular formula is C14H9F2N5O. The van der Waals surface area contributed by atoms with Crippen LogP contribution < -0.4 is 5.32 Å². The van der Waals surface area contributed by atoms with Crippen LogP contribution >= 0.6 is 0 Å². The first-order chi connectivity index (χ1) is 10.6. The summed E-state index contributed by atoms with van der Waals surface area (Å²) < 4.78 is 27.9. The fourth-order valence-electron chi connectivity index (χ4n) is 1.80. The summed E-state index contributed by atoms with van der Waals surface area (Å²) in [5, 5.41) is 6.43.